The lowest BCUT2D eigenvalue weighted by atomic mass is 10.1. The first-order chi connectivity index (χ1) is 9.28. The van der Waals surface area contributed by atoms with Crippen LogP contribution >= 0.6 is 11.6 Å². The quantitative estimate of drug-likeness (QED) is 0.886. The minimum Gasteiger partial charge on any atom is -0.364 e. The zero-order valence-corrected chi connectivity index (χ0v) is 12.0. The van der Waals surface area contributed by atoms with Gasteiger partial charge in [0.15, 0.2) is 5.82 Å². The van der Waals surface area contributed by atoms with Gasteiger partial charge in [-0.2, -0.15) is 4.98 Å². The Morgan fingerprint density at radius 3 is 3.16 bits per heavy atom. The second kappa shape index (κ2) is 5.51. The number of hydrogen-bond donors (Lipinski definition) is 2. The number of nitrogens with zero attached hydrogens (tertiary/aromatic N) is 3. The van der Waals surface area contributed by atoms with Gasteiger partial charge in [0, 0.05) is 25.2 Å². The molecule has 2 aliphatic heterocycles. The molecular formula is C13H20ClN5. The maximum absolute atomic E-state index is 6.19. The van der Waals surface area contributed by atoms with E-state index in [2.05, 4.69) is 25.5 Å². The highest BCUT2D eigenvalue weighted by Crippen LogP contribution is 2.31. The number of nitrogens with one attached hydrogen (secondary N) is 2. The molecule has 2 aliphatic rings. The molecule has 0 spiro atoms. The topological polar surface area (TPSA) is 53.1 Å². The molecule has 5 nitrogen and oxygen atoms in total. The van der Waals surface area contributed by atoms with Crippen LogP contribution in [0.2, 0.25) is 5.02 Å². The molecule has 3 heterocycles. The van der Waals surface area contributed by atoms with Crippen LogP contribution in [0.25, 0.3) is 0 Å². The third kappa shape index (κ3) is 2.62. The summed E-state index contributed by atoms with van der Waals surface area (Å²) in [7, 11) is 0. The standard InChI is InChI=1S/C13H20ClN5/c1-2-15-13-16-8-9(14)12(18-13)17-10-5-7-19-6-3-4-11(10)19/h8,10-11H,2-7H2,1H3,(H2,15,16,17,18). The van der Waals surface area contributed by atoms with Crippen molar-refractivity contribution < 1.29 is 0 Å². The molecule has 104 valence electrons. The van der Waals surface area contributed by atoms with Gasteiger partial charge in [-0.1, -0.05) is 11.6 Å². The fourth-order valence-corrected chi connectivity index (χ4v) is 3.28. The zero-order chi connectivity index (χ0) is 13.2. The highest BCUT2D eigenvalue weighted by atomic mass is 35.5. The number of fused-ring (bicyclic) bond motifs is 1. The molecule has 2 N–H and O–H groups in total. The molecule has 0 radical (unpaired) electrons. The van der Waals surface area contributed by atoms with Gasteiger partial charge in [0.2, 0.25) is 5.95 Å². The molecule has 0 aromatic carbocycles. The molecule has 2 saturated heterocycles. The molecule has 1 aromatic heterocycles. The summed E-state index contributed by atoms with van der Waals surface area (Å²) in [5.41, 5.74) is 0. The van der Waals surface area contributed by atoms with Crippen LogP contribution in [-0.4, -0.2) is 46.6 Å². The number of rotatable bonds is 4. The molecule has 2 atom stereocenters. The number of hydrogen-bond acceptors (Lipinski definition) is 5. The molecule has 0 saturated carbocycles. The molecule has 6 heteroatoms. The normalized spacial score (nSPS) is 26.4. The smallest absolute Gasteiger partial charge is 0.224 e. The molecule has 19 heavy (non-hydrogen) atoms. The average molecular weight is 282 g/mol. The third-order valence-corrected chi connectivity index (χ3v) is 4.28. The molecule has 0 bridgehead atoms. The van der Waals surface area contributed by atoms with E-state index in [4.69, 9.17) is 11.6 Å². The molecule has 3 rings (SSSR count). The summed E-state index contributed by atoms with van der Waals surface area (Å²) in [6.45, 7) is 5.26. The summed E-state index contributed by atoms with van der Waals surface area (Å²) >= 11 is 6.19. The summed E-state index contributed by atoms with van der Waals surface area (Å²) in [6.07, 6.45) is 5.42. The first kappa shape index (κ1) is 12.9. The van der Waals surface area contributed by atoms with Gasteiger partial charge in [-0.15, -0.1) is 0 Å². The van der Waals surface area contributed by atoms with Gasteiger partial charge in [0.1, 0.15) is 5.02 Å². The summed E-state index contributed by atoms with van der Waals surface area (Å²) in [5, 5.41) is 7.23. The second-order valence-electron chi connectivity index (χ2n) is 5.21. The summed E-state index contributed by atoms with van der Waals surface area (Å²) in [4.78, 5) is 11.2. The van der Waals surface area contributed by atoms with Crippen molar-refractivity contribution in [3.8, 4) is 0 Å². The summed E-state index contributed by atoms with van der Waals surface area (Å²) in [5.74, 6) is 1.39. The van der Waals surface area contributed by atoms with Crippen LogP contribution in [0.3, 0.4) is 0 Å². The molecule has 0 aliphatic carbocycles. The molecule has 2 unspecified atom stereocenters. The molecular weight excluding hydrogens is 262 g/mol. The lowest BCUT2D eigenvalue weighted by molar-refractivity contribution is 0.318. The Labute approximate surface area is 118 Å². The highest BCUT2D eigenvalue weighted by Gasteiger charge is 2.37. The Morgan fingerprint density at radius 1 is 1.42 bits per heavy atom. The van der Waals surface area contributed by atoms with Crippen LogP contribution in [0.15, 0.2) is 6.20 Å². The van der Waals surface area contributed by atoms with E-state index in [9.17, 15) is 0 Å². The third-order valence-electron chi connectivity index (χ3n) is 4.01. The fraction of sp³-hybridized carbons (Fsp3) is 0.692. The first-order valence-corrected chi connectivity index (χ1v) is 7.42. The van der Waals surface area contributed by atoms with Crippen LogP contribution < -0.4 is 10.6 Å². The van der Waals surface area contributed by atoms with E-state index in [-0.39, 0.29) is 0 Å². The van der Waals surface area contributed by atoms with E-state index in [0.29, 0.717) is 23.1 Å². The van der Waals surface area contributed by atoms with Gasteiger partial charge in [0.25, 0.3) is 0 Å². The summed E-state index contributed by atoms with van der Waals surface area (Å²) in [6, 6.07) is 1.11. The minimum absolute atomic E-state index is 0.462. The Balaban J connectivity index is 1.73. The van der Waals surface area contributed by atoms with Gasteiger partial charge in [-0.25, -0.2) is 4.98 Å². The first-order valence-electron chi connectivity index (χ1n) is 7.05. The van der Waals surface area contributed by atoms with Crippen molar-refractivity contribution in [2.75, 3.05) is 30.3 Å². The number of anilines is 2. The van der Waals surface area contributed by atoms with Gasteiger partial charge in [-0.3, -0.25) is 4.90 Å². The van der Waals surface area contributed by atoms with Crippen molar-refractivity contribution >= 4 is 23.4 Å². The SMILES string of the molecule is CCNc1ncc(Cl)c(NC2CCN3CCCC23)n1. The van der Waals surface area contributed by atoms with Gasteiger partial charge in [0.05, 0.1) is 6.20 Å². The molecule has 1 aromatic rings. The van der Waals surface area contributed by atoms with Crippen molar-refractivity contribution in [3.05, 3.63) is 11.2 Å². The monoisotopic (exact) mass is 281 g/mol. The van der Waals surface area contributed by atoms with E-state index < -0.39 is 0 Å². The summed E-state index contributed by atoms with van der Waals surface area (Å²) < 4.78 is 0. The van der Waals surface area contributed by atoms with E-state index >= 15 is 0 Å². The van der Waals surface area contributed by atoms with Crippen molar-refractivity contribution in [2.45, 2.75) is 38.3 Å². The largest absolute Gasteiger partial charge is 0.364 e. The number of aromatic nitrogens is 2. The van der Waals surface area contributed by atoms with Crippen molar-refractivity contribution in [1.29, 1.82) is 0 Å². The van der Waals surface area contributed by atoms with E-state index in [1.54, 1.807) is 6.20 Å². The van der Waals surface area contributed by atoms with Crippen molar-refractivity contribution in [3.63, 3.8) is 0 Å². The Morgan fingerprint density at radius 2 is 2.32 bits per heavy atom. The van der Waals surface area contributed by atoms with Crippen molar-refractivity contribution in [2.24, 2.45) is 0 Å². The fourth-order valence-electron chi connectivity index (χ4n) is 3.14. The van der Waals surface area contributed by atoms with Gasteiger partial charge in [-0.05, 0) is 32.7 Å². The number of halogens is 1. The van der Waals surface area contributed by atoms with Crippen LogP contribution in [0.4, 0.5) is 11.8 Å². The zero-order valence-electron chi connectivity index (χ0n) is 11.2. The average Bonchev–Trinajstić information content (AvgIpc) is 2.98. The Bertz CT molecular complexity index is 453. The molecule has 0 amide bonds. The maximum atomic E-state index is 6.19. The van der Waals surface area contributed by atoms with Crippen LogP contribution in [0, 0.1) is 0 Å². The van der Waals surface area contributed by atoms with E-state index in [1.807, 2.05) is 6.92 Å². The highest BCUT2D eigenvalue weighted by molar-refractivity contribution is 6.32. The van der Waals surface area contributed by atoms with Crippen LogP contribution in [0.5, 0.6) is 0 Å². The Kier molecular flexibility index (Phi) is 3.75. The van der Waals surface area contributed by atoms with Crippen LogP contribution in [-0.2, 0) is 0 Å². The van der Waals surface area contributed by atoms with E-state index in [0.717, 1.165) is 12.4 Å². The lowest BCUT2D eigenvalue weighted by Crippen LogP contribution is -2.34. The predicted molar refractivity (Wildman–Crippen MR) is 77.8 cm³/mol. The lowest BCUT2D eigenvalue weighted by Gasteiger charge is -2.22. The van der Waals surface area contributed by atoms with Gasteiger partial charge < -0.3 is 10.6 Å². The van der Waals surface area contributed by atoms with Gasteiger partial charge >= 0.3 is 0 Å². The maximum Gasteiger partial charge on any atom is 0.224 e. The second-order valence-corrected chi connectivity index (χ2v) is 5.61. The predicted octanol–water partition coefficient (Wildman–Crippen LogP) is 2.21. The molecule has 2 fully saturated rings. The van der Waals surface area contributed by atoms with E-state index in [1.165, 1.54) is 32.4 Å². The minimum atomic E-state index is 0.462. The Hall–Kier alpha value is -1.07. The van der Waals surface area contributed by atoms with Crippen molar-refractivity contribution in [1.82, 2.24) is 14.9 Å². The van der Waals surface area contributed by atoms with Crippen LogP contribution in [0.1, 0.15) is 26.2 Å².